The third-order valence-corrected chi connectivity index (χ3v) is 4.96. The van der Waals surface area contributed by atoms with Gasteiger partial charge in [-0.05, 0) is 44.0 Å². The summed E-state index contributed by atoms with van der Waals surface area (Å²) >= 11 is 0. The first-order chi connectivity index (χ1) is 13.1. The molecule has 2 amide bonds. The summed E-state index contributed by atoms with van der Waals surface area (Å²) < 4.78 is 5.87. The minimum Gasteiger partial charge on any atom is -0.440 e. The maximum absolute atomic E-state index is 12.5. The van der Waals surface area contributed by atoms with E-state index in [0.717, 1.165) is 29.8 Å². The molecule has 1 aliphatic heterocycles. The van der Waals surface area contributed by atoms with Gasteiger partial charge in [0.15, 0.2) is 17.3 Å². The molecule has 1 aliphatic rings. The molecule has 1 fully saturated rings. The van der Waals surface area contributed by atoms with Crippen molar-refractivity contribution in [2.45, 2.75) is 25.7 Å². The number of hydrogen-bond donors (Lipinski definition) is 1. The summed E-state index contributed by atoms with van der Waals surface area (Å²) in [7, 11) is 0. The van der Waals surface area contributed by atoms with E-state index in [1.54, 1.807) is 29.2 Å². The molecular formula is C21H21N3O3. The molecule has 6 heteroatoms. The van der Waals surface area contributed by atoms with E-state index in [0.29, 0.717) is 24.3 Å². The van der Waals surface area contributed by atoms with Gasteiger partial charge >= 0.3 is 6.03 Å². The van der Waals surface area contributed by atoms with Crippen molar-refractivity contribution in [3.05, 3.63) is 60.0 Å². The fourth-order valence-corrected chi connectivity index (χ4v) is 3.41. The molecule has 2 heterocycles. The average Bonchev–Trinajstić information content (AvgIpc) is 3.12. The Morgan fingerprint density at radius 3 is 2.63 bits per heavy atom. The number of carbonyl (C=O) groups excluding carboxylic acids is 2. The van der Waals surface area contributed by atoms with Crippen molar-refractivity contribution in [1.29, 1.82) is 0 Å². The zero-order valence-corrected chi connectivity index (χ0v) is 15.1. The Balaban J connectivity index is 1.38. The molecule has 2 aromatic carbocycles. The number of rotatable bonds is 3. The molecule has 0 radical (unpaired) electrons. The lowest BCUT2D eigenvalue weighted by Gasteiger charge is -2.30. The molecule has 0 saturated carbocycles. The van der Waals surface area contributed by atoms with Crippen molar-refractivity contribution < 1.29 is 14.0 Å². The van der Waals surface area contributed by atoms with Gasteiger partial charge in [0.2, 0.25) is 0 Å². The van der Waals surface area contributed by atoms with Gasteiger partial charge in [-0.1, -0.05) is 24.3 Å². The second kappa shape index (κ2) is 7.23. The zero-order valence-electron chi connectivity index (χ0n) is 15.1. The monoisotopic (exact) mass is 363 g/mol. The Morgan fingerprint density at radius 1 is 1.11 bits per heavy atom. The average molecular weight is 363 g/mol. The number of para-hydroxylation sites is 2. The number of fused-ring (bicyclic) bond motifs is 1. The van der Waals surface area contributed by atoms with Crippen LogP contribution in [0, 0.1) is 0 Å². The predicted octanol–water partition coefficient (Wildman–Crippen LogP) is 4.44. The van der Waals surface area contributed by atoms with Crippen molar-refractivity contribution in [1.82, 2.24) is 9.88 Å². The number of amides is 2. The number of nitrogens with one attached hydrogen (secondary N) is 1. The van der Waals surface area contributed by atoms with Crippen LogP contribution in [-0.4, -0.2) is 34.8 Å². The highest BCUT2D eigenvalue weighted by Crippen LogP contribution is 2.30. The van der Waals surface area contributed by atoms with Crippen LogP contribution >= 0.6 is 0 Å². The normalized spacial score (nSPS) is 15.1. The smallest absolute Gasteiger partial charge is 0.321 e. The Morgan fingerprint density at radius 2 is 1.89 bits per heavy atom. The van der Waals surface area contributed by atoms with Gasteiger partial charge in [-0.3, -0.25) is 4.79 Å². The predicted molar refractivity (Wildman–Crippen MR) is 103 cm³/mol. The number of nitrogens with zero attached hydrogens (tertiary/aromatic N) is 2. The summed E-state index contributed by atoms with van der Waals surface area (Å²) in [5.74, 6) is 0.957. The number of benzene rings is 2. The fraction of sp³-hybridized carbons (Fsp3) is 0.286. The van der Waals surface area contributed by atoms with E-state index in [4.69, 9.17) is 4.42 Å². The quantitative estimate of drug-likeness (QED) is 0.698. The van der Waals surface area contributed by atoms with Crippen LogP contribution in [0.4, 0.5) is 10.5 Å². The molecule has 0 aliphatic carbocycles. The molecule has 1 aromatic heterocycles. The van der Waals surface area contributed by atoms with Crippen molar-refractivity contribution >= 4 is 28.6 Å². The molecule has 3 aromatic rings. The van der Waals surface area contributed by atoms with E-state index in [-0.39, 0.29) is 17.7 Å². The van der Waals surface area contributed by atoms with Gasteiger partial charge in [-0.2, -0.15) is 0 Å². The molecule has 0 spiro atoms. The van der Waals surface area contributed by atoms with Crippen LogP contribution in [0.1, 0.15) is 41.9 Å². The lowest BCUT2D eigenvalue weighted by Crippen LogP contribution is -2.40. The lowest BCUT2D eigenvalue weighted by atomic mass is 9.97. The zero-order chi connectivity index (χ0) is 18.8. The second-order valence-corrected chi connectivity index (χ2v) is 6.85. The van der Waals surface area contributed by atoms with Crippen LogP contribution in [-0.2, 0) is 0 Å². The van der Waals surface area contributed by atoms with E-state index < -0.39 is 0 Å². The van der Waals surface area contributed by atoms with Gasteiger partial charge in [-0.25, -0.2) is 9.78 Å². The minimum absolute atomic E-state index is 0.0229. The number of hydrogen-bond acceptors (Lipinski definition) is 4. The molecular weight excluding hydrogens is 342 g/mol. The minimum atomic E-state index is -0.147. The molecule has 1 saturated heterocycles. The largest absolute Gasteiger partial charge is 0.440 e. The van der Waals surface area contributed by atoms with Crippen LogP contribution in [0.15, 0.2) is 52.9 Å². The summed E-state index contributed by atoms with van der Waals surface area (Å²) in [5.41, 5.74) is 2.90. The van der Waals surface area contributed by atoms with E-state index >= 15 is 0 Å². The highest BCUT2D eigenvalue weighted by Gasteiger charge is 2.27. The van der Waals surface area contributed by atoms with Gasteiger partial charge in [-0.15, -0.1) is 0 Å². The van der Waals surface area contributed by atoms with Gasteiger partial charge in [0.25, 0.3) is 0 Å². The number of urea groups is 1. The molecule has 138 valence electrons. The highest BCUT2D eigenvalue weighted by atomic mass is 16.3. The Hall–Kier alpha value is -3.15. The summed E-state index contributed by atoms with van der Waals surface area (Å²) in [6, 6.07) is 14.6. The molecule has 27 heavy (non-hydrogen) atoms. The molecule has 0 atom stereocenters. The Kier molecular flexibility index (Phi) is 4.62. The van der Waals surface area contributed by atoms with Crippen LogP contribution < -0.4 is 5.32 Å². The van der Waals surface area contributed by atoms with Crippen molar-refractivity contribution in [2.75, 3.05) is 18.4 Å². The molecule has 0 bridgehead atoms. The van der Waals surface area contributed by atoms with Crippen LogP contribution in [0.2, 0.25) is 0 Å². The summed E-state index contributed by atoms with van der Waals surface area (Å²) in [6.45, 7) is 2.79. The summed E-state index contributed by atoms with van der Waals surface area (Å²) in [4.78, 5) is 30.4. The molecule has 0 unspecified atom stereocenters. The summed E-state index contributed by atoms with van der Waals surface area (Å²) in [5, 5.41) is 2.88. The van der Waals surface area contributed by atoms with Crippen molar-refractivity contribution in [3.63, 3.8) is 0 Å². The van der Waals surface area contributed by atoms with Gasteiger partial charge < -0.3 is 14.6 Å². The number of oxazole rings is 1. The van der Waals surface area contributed by atoms with Crippen molar-refractivity contribution in [2.24, 2.45) is 0 Å². The first-order valence-electron chi connectivity index (χ1n) is 9.12. The molecule has 1 N–H and O–H groups in total. The second-order valence-electron chi connectivity index (χ2n) is 6.85. The maximum Gasteiger partial charge on any atom is 0.321 e. The molecule has 4 rings (SSSR count). The van der Waals surface area contributed by atoms with E-state index in [1.165, 1.54) is 6.92 Å². The van der Waals surface area contributed by atoms with Gasteiger partial charge in [0.05, 0.1) is 0 Å². The third-order valence-electron chi connectivity index (χ3n) is 4.96. The SMILES string of the molecule is CC(=O)c1cccc(NC(=O)N2CCC(c3nc4ccccc4o3)CC2)c1. The summed E-state index contributed by atoms with van der Waals surface area (Å²) in [6.07, 6.45) is 1.63. The van der Waals surface area contributed by atoms with E-state index in [1.807, 2.05) is 24.3 Å². The van der Waals surface area contributed by atoms with Crippen molar-refractivity contribution in [3.8, 4) is 0 Å². The Bertz CT molecular complexity index is 954. The molecule has 6 nitrogen and oxygen atoms in total. The maximum atomic E-state index is 12.5. The third kappa shape index (κ3) is 3.69. The number of carbonyl (C=O) groups is 2. The number of likely N-dealkylation sites (tertiary alicyclic amines) is 1. The topological polar surface area (TPSA) is 75.4 Å². The Labute approximate surface area is 157 Å². The van der Waals surface area contributed by atoms with Gasteiger partial charge in [0, 0.05) is 30.3 Å². The first-order valence-corrected chi connectivity index (χ1v) is 9.12. The number of Topliss-reactive ketones (excluding diaryl/α,β-unsaturated/α-hetero) is 1. The standard InChI is InChI=1S/C21H21N3O3/c1-14(25)16-5-4-6-17(13-16)22-21(26)24-11-9-15(10-12-24)20-23-18-7-2-3-8-19(18)27-20/h2-8,13,15H,9-12H2,1H3,(H,22,26). The van der Waals surface area contributed by atoms with E-state index in [2.05, 4.69) is 10.3 Å². The number of anilines is 1. The number of ketones is 1. The number of aromatic nitrogens is 1. The van der Waals surface area contributed by atoms with Crippen LogP contribution in [0.5, 0.6) is 0 Å². The van der Waals surface area contributed by atoms with Crippen LogP contribution in [0.3, 0.4) is 0 Å². The fourth-order valence-electron chi connectivity index (χ4n) is 3.41. The lowest BCUT2D eigenvalue weighted by molar-refractivity contribution is 0.101. The first kappa shape index (κ1) is 17.3. The van der Waals surface area contributed by atoms with E-state index in [9.17, 15) is 9.59 Å². The highest BCUT2D eigenvalue weighted by molar-refractivity contribution is 5.96. The number of piperidine rings is 1. The van der Waals surface area contributed by atoms with Gasteiger partial charge in [0.1, 0.15) is 5.52 Å². The van der Waals surface area contributed by atoms with Crippen LogP contribution in [0.25, 0.3) is 11.1 Å².